The second-order valence-corrected chi connectivity index (χ2v) is 10.6. The summed E-state index contributed by atoms with van der Waals surface area (Å²) in [5.74, 6) is 2.39. The highest BCUT2D eigenvalue weighted by Crippen LogP contribution is 2.40. The van der Waals surface area contributed by atoms with E-state index in [1.54, 1.807) is 18.7 Å². The van der Waals surface area contributed by atoms with Gasteiger partial charge in [0, 0.05) is 55.9 Å². The van der Waals surface area contributed by atoms with Crippen molar-refractivity contribution in [3.05, 3.63) is 102 Å². The third kappa shape index (κ3) is 4.72. The van der Waals surface area contributed by atoms with Gasteiger partial charge in [0.05, 0.1) is 0 Å². The number of fused-ring (bicyclic) bond motifs is 1. The molecule has 1 N–H and O–H groups in total. The topological polar surface area (TPSA) is 82.7 Å². The molecule has 0 bridgehead atoms. The van der Waals surface area contributed by atoms with Crippen molar-refractivity contribution in [2.75, 3.05) is 36.0 Å². The summed E-state index contributed by atoms with van der Waals surface area (Å²) in [6, 6.07) is 19.0. The highest BCUT2D eigenvalue weighted by atomic mass is 16.3. The normalized spacial score (nSPS) is 16.6. The molecule has 8 heteroatoms. The molecule has 1 atom stereocenters. The van der Waals surface area contributed by atoms with Crippen LogP contribution in [0.3, 0.4) is 0 Å². The number of aromatic nitrogens is 5. The maximum Gasteiger partial charge on any atom is 0.225 e. The van der Waals surface area contributed by atoms with Crippen LogP contribution in [0.4, 0.5) is 11.8 Å². The van der Waals surface area contributed by atoms with Crippen LogP contribution in [0.25, 0.3) is 16.6 Å². The summed E-state index contributed by atoms with van der Waals surface area (Å²) in [5, 5.41) is 15.2. The van der Waals surface area contributed by atoms with Crippen molar-refractivity contribution in [2.24, 2.45) is 0 Å². The van der Waals surface area contributed by atoms with Crippen molar-refractivity contribution in [3.8, 4) is 11.1 Å². The van der Waals surface area contributed by atoms with Crippen LogP contribution in [0.1, 0.15) is 47.1 Å². The van der Waals surface area contributed by atoms with Crippen LogP contribution in [-0.2, 0) is 0 Å². The quantitative estimate of drug-likeness (QED) is 0.347. The number of anilines is 2. The molecule has 2 aliphatic rings. The molecule has 8 nitrogen and oxygen atoms in total. The first kappa shape index (κ1) is 23.8. The lowest BCUT2D eigenvalue weighted by atomic mass is 10.0. The minimum atomic E-state index is -0.736. The van der Waals surface area contributed by atoms with Gasteiger partial charge in [0.2, 0.25) is 5.95 Å². The highest BCUT2D eigenvalue weighted by molar-refractivity contribution is 5.78. The fraction of sp³-hybridized carbons (Fsp3) is 0.290. The van der Waals surface area contributed by atoms with Crippen LogP contribution < -0.4 is 9.80 Å². The molecule has 0 radical (unpaired) electrons. The van der Waals surface area contributed by atoms with Crippen LogP contribution >= 0.6 is 0 Å². The van der Waals surface area contributed by atoms with Gasteiger partial charge in [-0.3, -0.25) is 0 Å². The Labute approximate surface area is 227 Å². The van der Waals surface area contributed by atoms with E-state index in [9.17, 15) is 5.11 Å². The van der Waals surface area contributed by atoms with Crippen LogP contribution in [0.2, 0.25) is 0 Å². The molecular weight excluding hydrogens is 486 g/mol. The molecule has 3 aromatic heterocycles. The second kappa shape index (κ2) is 9.78. The number of rotatable bonds is 6. The SMILES string of the molecule is Cc1ccc(C(O)c2cnc(N3CCN(c4ncnn5cc(-c6ccc(C7CC7)cc6)cc45)CC3)nc2)cc1. The zero-order valence-corrected chi connectivity index (χ0v) is 22.0. The Morgan fingerprint density at radius 3 is 2.18 bits per heavy atom. The average molecular weight is 518 g/mol. The van der Waals surface area contributed by atoms with Gasteiger partial charge in [-0.1, -0.05) is 54.1 Å². The first-order valence-corrected chi connectivity index (χ1v) is 13.6. The smallest absolute Gasteiger partial charge is 0.225 e. The number of aliphatic hydroxyl groups excluding tert-OH is 1. The number of nitrogens with zero attached hydrogens (tertiary/aromatic N) is 7. The van der Waals surface area contributed by atoms with E-state index < -0.39 is 6.10 Å². The molecule has 1 saturated heterocycles. The second-order valence-electron chi connectivity index (χ2n) is 10.6. The van der Waals surface area contributed by atoms with E-state index in [2.05, 4.69) is 66.4 Å². The van der Waals surface area contributed by atoms with E-state index in [-0.39, 0.29) is 0 Å². The Morgan fingerprint density at radius 1 is 0.795 bits per heavy atom. The van der Waals surface area contributed by atoms with Gasteiger partial charge in [0.15, 0.2) is 5.82 Å². The maximum absolute atomic E-state index is 10.7. The molecule has 7 rings (SSSR count). The predicted molar refractivity (Wildman–Crippen MR) is 152 cm³/mol. The van der Waals surface area contributed by atoms with E-state index in [1.165, 1.54) is 24.0 Å². The average Bonchev–Trinajstić information content (AvgIpc) is 3.75. The first-order chi connectivity index (χ1) is 19.1. The van der Waals surface area contributed by atoms with Gasteiger partial charge in [-0.25, -0.2) is 19.5 Å². The number of hydrogen-bond acceptors (Lipinski definition) is 7. The van der Waals surface area contributed by atoms with Crippen molar-refractivity contribution in [1.29, 1.82) is 0 Å². The predicted octanol–water partition coefficient (Wildman–Crippen LogP) is 4.78. The molecule has 5 aromatic rings. The van der Waals surface area contributed by atoms with Gasteiger partial charge < -0.3 is 14.9 Å². The number of aliphatic hydroxyl groups is 1. The molecular formula is C31H31N7O. The summed E-state index contributed by atoms with van der Waals surface area (Å²) in [7, 11) is 0. The zero-order valence-electron chi connectivity index (χ0n) is 22.0. The van der Waals surface area contributed by atoms with Gasteiger partial charge in [-0.15, -0.1) is 0 Å². The van der Waals surface area contributed by atoms with E-state index in [4.69, 9.17) is 0 Å². The molecule has 39 heavy (non-hydrogen) atoms. The maximum atomic E-state index is 10.7. The van der Waals surface area contributed by atoms with Crippen LogP contribution in [0, 0.1) is 6.92 Å². The van der Waals surface area contributed by atoms with Gasteiger partial charge in [0.25, 0.3) is 0 Å². The highest BCUT2D eigenvalue weighted by Gasteiger charge is 2.24. The fourth-order valence-corrected chi connectivity index (χ4v) is 5.38. The Bertz CT molecular complexity index is 1580. The lowest BCUT2D eigenvalue weighted by molar-refractivity contribution is 0.219. The van der Waals surface area contributed by atoms with Crippen molar-refractivity contribution >= 4 is 17.3 Å². The van der Waals surface area contributed by atoms with E-state index in [0.717, 1.165) is 60.1 Å². The van der Waals surface area contributed by atoms with Crippen LogP contribution in [0.15, 0.2) is 79.5 Å². The van der Waals surface area contributed by atoms with E-state index in [1.807, 2.05) is 35.7 Å². The lowest BCUT2D eigenvalue weighted by Gasteiger charge is -2.35. The Kier molecular flexibility index (Phi) is 5.97. The Hall–Kier alpha value is -4.30. The number of piperazine rings is 1. The van der Waals surface area contributed by atoms with E-state index >= 15 is 0 Å². The van der Waals surface area contributed by atoms with Crippen molar-refractivity contribution < 1.29 is 5.11 Å². The van der Waals surface area contributed by atoms with Crippen molar-refractivity contribution in [2.45, 2.75) is 31.8 Å². The third-order valence-corrected chi connectivity index (χ3v) is 7.91. The molecule has 1 saturated carbocycles. The number of benzene rings is 2. The van der Waals surface area contributed by atoms with Crippen molar-refractivity contribution in [3.63, 3.8) is 0 Å². The van der Waals surface area contributed by atoms with Gasteiger partial charge >= 0.3 is 0 Å². The minimum absolute atomic E-state index is 0.682. The summed E-state index contributed by atoms with van der Waals surface area (Å²) in [6.45, 7) is 5.21. The molecule has 1 aliphatic heterocycles. The molecule has 1 aliphatic carbocycles. The van der Waals surface area contributed by atoms with Gasteiger partial charge in [-0.2, -0.15) is 5.10 Å². The Morgan fingerprint density at radius 2 is 1.49 bits per heavy atom. The number of aryl methyl sites for hydroxylation is 1. The Balaban J connectivity index is 1.04. The molecule has 2 fully saturated rings. The lowest BCUT2D eigenvalue weighted by Crippen LogP contribution is -2.47. The van der Waals surface area contributed by atoms with E-state index in [0.29, 0.717) is 11.5 Å². The molecule has 0 amide bonds. The molecule has 196 valence electrons. The van der Waals surface area contributed by atoms with Gasteiger partial charge in [0.1, 0.15) is 17.9 Å². The summed E-state index contributed by atoms with van der Waals surface area (Å²) < 4.78 is 1.93. The van der Waals surface area contributed by atoms with Crippen LogP contribution in [0.5, 0.6) is 0 Å². The fourth-order valence-electron chi connectivity index (χ4n) is 5.38. The molecule has 0 spiro atoms. The number of hydrogen-bond donors (Lipinski definition) is 1. The monoisotopic (exact) mass is 517 g/mol. The molecule has 2 aromatic carbocycles. The zero-order chi connectivity index (χ0) is 26.3. The summed E-state index contributed by atoms with van der Waals surface area (Å²) >= 11 is 0. The van der Waals surface area contributed by atoms with Crippen LogP contribution in [-0.4, -0.2) is 55.9 Å². The standard InChI is InChI=1S/C31H31N7O/c1-21-2-4-25(5-3-21)29(39)27-17-32-31(33-18-27)37-14-12-36(13-15-37)30-28-16-26(19-38(28)35-20-34-30)24-10-8-23(9-11-24)22-6-7-22/h2-5,8-11,16-20,22,29,39H,6-7,12-15H2,1H3. The molecule has 1 unspecified atom stereocenters. The first-order valence-electron chi connectivity index (χ1n) is 13.6. The third-order valence-electron chi connectivity index (χ3n) is 7.91. The van der Waals surface area contributed by atoms with Gasteiger partial charge in [-0.05, 0) is 48.4 Å². The summed E-state index contributed by atoms with van der Waals surface area (Å²) in [6.07, 6.45) is 9.07. The largest absolute Gasteiger partial charge is 0.384 e. The minimum Gasteiger partial charge on any atom is -0.384 e. The summed E-state index contributed by atoms with van der Waals surface area (Å²) in [5.41, 5.74) is 7.50. The molecule has 4 heterocycles. The van der Waals surface area contributed by atoms with Crippen molar-refractivity contribution in [1.82, 2.24) is 24.6 Å². The summed E-state index contributed by atoms with van der Waals surface area (Å²) in [4.78, 5) is 18.3.